The summed E-state index contributed by atoms with van der Waals surface area (Å²) in [5.41, 5.74) is -0.0215. The fourth-order valence-corrected chi connectivity index (χ4v) is 2.52. The lowest BCUT2D eigenvalue weighted by Gasteiger charge is -2.15. The minimum Gasteiger partial charge on any atom is -0.495 e. The zero-order chi connectivity index (χ0) is 19.4. The number of aromatic amines is 1. The highest BCUT2D eigenvalue weighted by Crippen LogP contribution is 2.23. The van der Waals surface area contributed by atoms with Gasteiger partial charge in [0.05, 0.1) is 18.2 Å². The summed E-state index contributed by atoms with van der Waals surface area (Å²) in [6.07, 6.45) is -1.09. The molecule has 1 aromatic heterocycles. The predicted octanol–water partition coefficient (Wildman–Crippen LogP) is 2.12. The first-order chi connectivity index (χ1) is 13.0. The molecule has 0 radical (unpaired) electrons. The highest BCUT2D eigenvalue weighted by molar-refractivity contribution is 6.03. The average Bonchev–Trinajstić information content (AvgIpc) is 2.68. The predicted molar refractivity (Wildman–Crippen MR) is 98.9 cm³/mol. The standard InChI is InChI=1S/C19H17N3O5/c1-11(17(23)20-14-9-5-6-10-15(14)26-2)27-19(25)16-12-7-3-4-8-13(12)18(24)22-21-16/h3-11H,1-2H3,(H,20,23)(H,22,24)/t11-/m1/s1. The molecule has 1 heterocycles. The fraction of sp³-hybridized carbons (Fsp3) is 0.158. The van der Waals surface area contributed by atoms with Crippen LogP contribution in [-0.2, 0) is 9.53 Å². The van der Waals surface area contributed by atoms with Crippen molar-refractivity contribution in [1.82, 2.24) is 10.2 Å². The molecule has 0 saturated carbocycles. The number of hydrogen-bond acceptors (Lipinski definition) is 6. The number of aromatic nitrogens is 2. The van der Waals surface area contributed by atoms with Crippen molar-refractivity contribution in [3.63, 3.8) is 0 Å². The van der Waals surface area contributed by atoms with Gasteiger partial charge in [0.25, 0.3) is 11.5 Å². The minimum absolute atomic E-state index is 0.0675. The summed E-state index contributed by atoms with van der Waals surface area (Å²) in [5.74, 6) is -0.857. The summed E-state index contributed by atoms with van der Waals surface area (Å²) < 4.78 is 10.4. The number of anilines is 1. The van der Waals surface area contributed by atoms with Gasteiger partial charge < -0.3 is 14.8 Å². The zero-order valence-corrected chi connectivity index (χ0v) is 14.7. The summed E-state index contributed by atoms with van der Waals surface area (Å²) >= 11 is 0. The van der Waals surface area contributed by atoms with Crippen molar-refractivity contribution >= 4 is 28.3 Å². The molecule has 27 heavy (non-hydrogen) atoms. The maximum atomic E-state index is 12.4. The fourth-order valence-electron chi connectivity index (χ4n) is 2.52. The van der Waals surface area contributed by atoms with Crippen LogP contribution in [0.2, 0.25) is 0 Å². The largest absolute Gasteiger partial charge is 0.495 e. The summed E-state index contributed by atoms with van der Waals surface area (Å²) in [6, 6.07) is 13.4. The Kier molecular flexibility index (Phi) is 5.16. The second kappa shape index (κ2) is 7.69. The number of esters is 1. The summed E-state index contributed by atoms with van der Waals surface area (Å²) in [4.78, 5) is 36.6. The molecule has 0 fully saturated rings. The van der Waals surface area contributed by atoms with Crippen LogP contribution in [0.5, 0.6) is 5.75 Å². The number of methoxy groups -OCH3 is 1. The number of nitrogens with zero attached hydrogens (tertiary/aromatic N) is 1. The van der Waals surface area contributed by atoms with Crippen LogP contribution in [0, 0.1) is 0 Å². The molecule has 0 aliphatic rings. The van der Waals surface area contributed by atoms with Gasteiger partial charge in [0, 0.05) is 5.39 Å². The van der Waals surface area contributed by atoms with Crippen molar-refractivity contribution in [1.29, 1.82) is 0 Å². The van der Waals surface area contributed by atoms with Crippen molar-refractivity contribution in [3.8, 4) is 5.75 Å². The van der Waals surface area contributed by atoms with E-state index in [9.17, 15) is 14.4 Å². The number of nitrogens with one attached hydrogen (secondary N) is 2. The molecule has 3 aromatic rings. The van der Waals surface area contributed by atoms with Gasteiger partial charge in [0.1, 0.15) is 5.75 Å². The topological polar surface area (TPSA) is 110 Å². The molecule has 2 aromatic carbocycles. The van der Waals surface area contributed by atoms with E-state index >= 15 is 0 Å². The molecule has 1 amide bonds. The SMILES string of the molecule is COc1ccccc1NC(=O)[C@@H](C)OC(=O)c1n[nH]c(=O)c2ccccc12. The Labute approximate surface area is 154 Å². The first-order valence-corrected chi connectivity index (χ1v) is 8.13. The van der Waals surface area contributed by atoms with Gasteiger partial charge in [-0.25, -0.2) is 9.89 Å². The van der Waals surface area contributed by atoms with E-state index in [0.29, 0.717) is 22.2 Å². The van der Waals surface area contributed by atoms with E-state index < -0.39 is 23.5 Å². The number of H-pyrrole nitrogens is 1. The van der Waals surface area contributed by atoms with Crippen LogP contribution in [0.1, 0.15) is 17.4 Å². The van der Waals surface area contributed by atoms with Crippen LogP contribution in [0.3, 0.4) is 0 Å². The van der Waals surface area contributed by atoms with Crippen molar-refractivity contribution in [2.45, 2.75) is 13.0 Å². The van der Waals surface area contributed by atoms with Gasteiger partial charge in [-0.05, 0) is 25.1 Å². The molecule has 0 unspecified atom stereocenters. The Morgan fingerprint density at radius 1 is 1.07 bits per heavy atom. The normalized spacial score (nSPS) is 11.6. The number of carbonyl (C=O) groups is 2. The van der Waals surface area contributed by atoms with Crippen LogP contribution >= 0.6 is 0 Å². The Morgan fingerprint density at radius 3 is 2.48 bits per heavy atom. The third kappa shape index (κ3) is 3.79. The van der Waals surface area contributed by atoms with Crippen molar-refractivity contribution in [2.75, 3.05) is 12.4 Å². The van der Waals surface area contributed by atoms with Gasteiger partial charge >= 0.3 is 5.97 Å². The van der Waals surface area contributed by atoms with Crippen LogP contribution in [0.25, 0.3) is 10.8 Å². The molecule has 8 nitrogen and oxygen atoms in total. The summed E-state index contributed by atoms with van der Waals surface area (Å²) in [7, 11) is 1.49. The van der Waals surface area contributed by atoms with Crippen molar-refractivity contribution < 1.29 is 19.1 Å². The number of hydrogen-bond donors (Lipinski definition) is 2. The van der Waals surface area contributed by atoms with Gasteiger partial charge in [-0.15, -0.1) is 0 Å². The lowest BCUT2D eigenvalue weighted by Crippen LogP contribution is -2.30. The molecule has 138 valence electrons. The molecule has 0 aliphatic carbocycles. The molecule has 3 rings (SSSR count). The molecule has 8 heteroatoms. The molecule has 0 saturated heterocycles. The van der Waals surface area contributed by atoms with Gasteiger partial charge in [0.15, 0.2) is 11.8 Å². The third-order valence-electron chi connectivity index (χ3n) is 3.91. The Balaban J connectivity index is 1.77. The molecule has 1 atom stereocenters. The average molecular weight is 367 g/mol. The van der Waals surface area contributed by atoms with Crippen molar-refractivity contribution in [2.24, 2.45) is 0 Å². The molecule has 0 aliphatic heterocycles. The molecule has 2 N–H and O–H groups in total. The monoisotopic (exact) mass is 367 g/mol. The molecule has 0 bridgehead atoms. The Morgan fingerprint density at radius 2 is 1.74 bits per heavy atom. The van der Waals surface area contributed by atoms with Gasteiger partial charge in [0.2, 0.25) is 0 Å². The highest BCUT2D eigenvalue weighted by atomic mass is 16.5. The maximum Gasteiger partial charge on any atom is 0.360 e. The van der Waals surface area contributed by atoms with Crippen LogP contribution in [-0.4, -0.2) is 35.3 Å². The van der Waals surface area contributed by atoms with Crippen LogP contribution in [0.4, 0.5) is 5.69 Å². The number of carbonyl (C=O) groups excluding carboxylic acids is 2. The summed E-state index contributed by atoms with van der Waals surface area (Å²) in [5, 5.41) is 9.33. The van der Waals surface area contributed by atoms with E-state index in [1.54, 1.807) is 48.5 Å². The quantitative estimate of drug-likeness (QED) is 0.668. The van der Waals surface area contributed by atoms with Gasteiger partial charge in [-0.3, -0.25) is 9.59 Å². The van der Waals surface area contributed by atoms with E-state index in [0.717, 1.165) is 0 Å². The maximum absolute atomic E-state index is 12.4. The first kappa shape index (κ1) is 18.1. The Hall–Kier alpha value is -3.68. The number of fused-ring (bicyclic) bond motifs is 1. The lowest BCUT2D eigenvalue weighted by atomic mass is 10.1. The number of para-hydroxylation sites is 2. The van der Waals surface area contributed by atoms with Crippen molar-refractivity contribution in [3.05, 3.63) is 64.6 Å². The van der Waals surface area contributed by atoms with E-state index in [1.807, 2.05) is 0 Å². The van der Waals surface area contributed by atoms with E-state index in [4.69, 9.17) is 9.47 Å². The van der Waals surface area contributed by atoms with E-state index in [1.165, 1.54) is 14.0 Å². The number of rotatable bonds is 5. The second-order valence-corrected chi connectivity index (χ2v) is 5.68. The first-order valence-electron chi connectivity index (χ1n) is 8.13. The minimum atomic E-state index is -1.09. The molecule has 0 spiro atoms. The Bertz CT molecular complexity index is 1060. The molecular formula is C19H17N3O5. The van der Waals surface area contributed by atoms with Crippen LogP contribution in [0.15, 0.2) is 53.3 Å². The number of ether oxygens (including phenoxy) is 2. The third-order valence-corrected chi connectivity index (χ3v) is 3.91. The van der Waals surface area contributed by atoms with Gasteiger partial charge in [-0.1, -0.05) is 30.3 Å². The van der Waals surface area contributed by atoms with Gasteiger partial charge in [-0.2, -0.15) is 5.10 Å². The highest BCUT2D eigenvalue weighted by Gasteiger charge is 2.23. The number of benzene rings is 2. The smallest absolute Gasteiger partial charge is 0.360 e. The van der Waals surface area contributed by atoms with E-state index in [-0.39, 0.29) is 5.69 Å². The summed E-state index contributed by atoms with van der Waals surface area (Å²) in [6.45, 7) is 1.44. The molecular weight excluding hydrogens is 350 g/mol. The second-order valence-electron chi connectivity index (χ2n) is 5.68. The zero-order valence-electron chi connectivity index (χ0n) is 14.7. The number of amides is 1. The van der Waals surface area contributed by atoms with E-state index in [2.05, 4.69) is 15.5 Å². The van der Waals surface area contributed by atoms with Crippen LogP contribution < -0.4 is 15.6 Å². The lowest BCUT2D eigenvalue weighted by molar-refractivity contribution is -0.123.